The van der Waals surface area contributed by atoms with Crippen LogP contribution in [0.2, 0.25) is 0 Å². The number of carbonyl (C=O) groups is 1. The van der Waals surface area contributed by atoms with Crippen molar-refractivity contribution in [1.29, 1.82) is 0 Å². The third-order valence-corrected chi connectivity index (χ3v) is 5.42. The van der Waals surface area contributed by atoms with Crippen LogP contribution in [0, 0.1) is 6.92 Å². The molecular weight excluding hydrogens is 338 g/mol. The fourth-order valence-electron chi connectivity index (χ4n) is 3.92. The van der Waals surface area contributed by atoms with Crippen molar-refractivity contribution in [3.8, 4) is 0 Å². The van der Waals surface area contributed by atoms with E-state index in [1.807, 2.05) is 25.7 Å². The summed E-state index contributed by atoms with van der Waals surface area (Å²) in [5.41, 5.74) is 3.68. The van der Waals surface area contributed by atoms with Crippen LogP contribution in [0.15, 0.2) is 18.2 Å². The molecular formula is C22H35N3O2. The van der Waals surface area contributed by atoms with Gasteiger partial charge in [-0.2, -0.15) is 0 Å². The molecule has 0 unspecified atom stereocenters. The minimum atomic E-state index is -0.427. The highest BCUT2D eigenvalue weighted by molar-refractivity contribution is 5.68. The van der Waals surface area contributed by atoms with Crippen LogP contribution in [0.5, 0.6) is 0 Å². The van der Waals surface area contributed by atoms with Gasteiger partial charge in [0.25, 0.3) is 0 Å². The van der Waals surface area contributed by atoms with E-state index in [1.165, 1.54) is 42.7 Å². The topological polar surface area (TPSA) is 44.8 Å². The molecule has 0 atom stereocenters. The Morgan fingerprint density at radius 2 is 1.81 bits per heavy atom. The van der Waals surface area contributed by atoms with Crippen LogP contribution >= 0.6 is 0 Å². The second-order valence-electron chi connectivity index (χ2n) is 8.95. The van der Waals surface area contributed by atoms with E-state index >= 15 is 0 Å². The van der Waals surface area contributed by atoms with Gasteiger partial charge < -0.3 is 19.9 Å². The minimum absolute atomic E-state index is 0.184. The van der Waals surface area contributed by atoms with Crippen molar-refractivity contribution in [3.05, 3.63) is 29.3 Å². The highest BCUT2D eigenvalue weighted by Crippen LogP contribution is 2.26. The first kappa shape index (κ1) is 20.0. The Kier molecular flexibility index (Phi) is 6.30. The molecule has 1 aromatic rings. The molecule has 1 aromatic carbocycles. The van der Waals surface area contributed by atoms with Gasteiger partial charge in [0.1, 0.15) is 5.60 Å². The van der Waals surface area contributed by atoms with E-state index in [-0.39, 0.29) is 6.09 Å². The number of nitrogens with zero attached hydrogens (tertiary/aromatic N) is 2. The summed E-state index contributed by atoms with van der Waals surface area (Å²) in [6.45, 7) is 12.7. The molecule has 5 nitrogen and oxygen atoms in total. The maximum atomic E-state index is 12.2. The Morgan fingerprint density at radius 3 is 2.44 bits per heavy atom. The molecule has 0 spiro atoms. The lowest BCUT2D eigenvalue weighted by molar-refractivity contribution is 0.0198. The van der Waals surface area contributed by atoms with Gasteiger partial charge in [-0.05, 0) is 70.6 Å². The van der Waals surface area contributed by atoms with E-state index in [2.05, 4.69) is 35.3 Å². The summed E-state index contributed by atoms with van der Waals surface area (Å²) in [5.74, 6) is 0. The lowest BCUT2D eigenvalue weighted by Crippen LogP contribution is -2.46. The molecule has 2 fully saturated rings. The predicted molar refractivity (Wildman–Crippen MR) is 110 cm³/mol. The summed E-state index contributed by atoms with van der Waals surface area (Å²) in [4.78, 5) is 16.6. The van der Waals surface area contributed by atoms with E-state index in [9.17, 15) is 4.79 Å². The van der Waals surface area contributed by atoms with E-state index in [1.54, 1.807) is 0 Å². The molecule has 0 saturated carbocycles. The maximum Gasteiger partial charge on any atom is 0.410 e. The Hall–Kier alpha value is -1.75. The number of hydrogen-bond acceptors (Lipinski definition) is 4. The molecule has 2 aliphatic rings. The molecule has 1 amide bonds. The molecule has 1 N–H and O–H groups in total. The second kappa shape index (κ2) is 8.51. The van der Waals surface area contributed by atoms with Crippen LogP contribution in [0.4, 0.5) is 10.5 Å². The fourth-order valence-corrected chi connectivity index (χ4v) is 3.92. The first-order chi connectivity index (χ1) is 12.8. The number of benzene rings is 1. The van der Waals surface area contributed by atoms with Gasteiger partial charge in [-0.25, -0.2) is 4.79 Å². The SMILES string of the molecule is Cc1ccc(CNC2CCN(C(=O)OC(C)(C)C)CC2)c(N2CCCC2)c1. The number of likely N-dealkylation sites (tertiary alicyclic amines) is 1. The van der Waals surface area contributed by atoms with Gasteiger partial charge in [-0.3, -0.25) is 0 Å². The number of aryl methyl sites for hydroxylation is 1. The maximum absolute atomic E-state index is 12.2. The zero-order chi connectivity index (χ0) is 19.4. The lowest BCUT2D eigenvalue weighted by Gasteiger charge is -2.34. The van der Waals surface area contributed by atoms with Crippen LogP contribution in [-0.4, -0.2) is 48.8 Å². The number of amides is 1. The van der Waals surface area contributed by atoms with Gasteiger partial charge in [0, 0.05) is 44.5 Å². The van der Waals surface area contributed by atoms with E-state index in [0.29, 0.717) is 6.04 Å². The van der Waals surface area contributed by atoms with Crippen LogP contribution < -0.4 is 10.2 Å². The number of anilines is 1. The molecule has 27 heavy (non-hydrogen) atoms. The predicted octanol–water partition coefficient (Wildman–Crippen LogP) is 4.08. The fraction of sp³-hybridized carbons (Fsp3) is 0.682. The minimum Gasteiger partial charge on any atom is -0.444 e. The van der Waals surface area contributed by atoms with Gasteiger partial charge in [0.05, 0.1) is 0 Å². The average molecular weight is 374 g/mol. The third kappa shape index (κ3) is 5.61. The molecule has 0 aromatic heterocycles. The van der Waals surface area contributed by atoms with Crippen LogP contribution in [0.3, 0.4) is 0 Å². The monoisotopic (exact) mass is 373 g/mol. The Labute approximate surface area is 164 Å². The van der Waals surface area contributed by atoms with Crippen molar-refractivity contribution in [2.24, 2.45) is 0 Å². The molecule has 2 saturated heterocycles. The summed E-state index contributed by atoms with van der Waals surface area (Å²) >= 11 is 0. The zero-order valence-corrected chi connectivity index (χ0v) is 17.4. The Morgan fingerprint density at radius 1 is 1.15 bits per heavy atom. The molecule has 0 bridgehead atoms. The van der Waals surface area contributed by atoms with Crippen molar-refractivity contribution in [2.75, 3.05) is 31.1 Å². The van der Waals surface area contributed by atoms with E-state index < -0.39 is 5.60 Å². The van der Waals surface area contributed by atoms with Crippen LogP contribution in [0.1, 0.15) is 57.6 Å². The Bertz CT molecular complexity index is 639. The van der Waals surface area contributed by atoms with Crippen molar-refractivity contribution >= 4 is 11.8 Å². The van der Waals surface area contributed by atoms with E-state index in [0.717, 1.165) is 32.5 Å². The summed E-state index contributed by atoms with van der Waals surface area (Å²) < 4.78 is 5.49. The highest BCUT2D eigenvalue weighted by Gasteiger charge is 2.27. The average Bonchev–Trinajstić information content (AvgIpc) is 3.14. The van der Waals surface area contributed by atoms with Gasteiger partial charge in [-0.1, -0.05) is 12.1 Å². The second-order valence-corrected chi connectivity index (χ2v) is 8.95. The third-order valence-electron chi connectivity index (χ3n) is 5.42. The molecule has 150 valence electrons. The van der Waals surface area contributed by atoms with Crippen molar-refractivity contribution in [2.45, 2.75) is 71.6 Å². The molecule has 3 rings (SSSR count). The van der Waals surface area contributed by atoms with Gasteiger partial charge in [-0.15, -0.1) is 0 Å². The van der Waals surface area contributed by atoms with E-state index in [4.69, 9.17) is 4.74 Å². The number of rotatable bonds is 4. The number of ether oxygens (including phenoxy) is 1. The van der Waals surface area contributed by atoms with Crippen molar-refractivity contribution in [1.82, 2.24) is 10.2 Å². The van der Waals surface area contributed by atoms with Gasteiger partial charge >= 0.3 is 6.09 Å². The molecule has 2 heterocycles. The van der Waals surface area contributed by atoms with Crippen molar-refractivity contribution in [3.63, 3.8) is 0 Å². The molecule has 5 heteroatoms. The Balaban J connectivity index is 1.51. The largest absolute Gasteiger partial charge is 0.444 e. The smallest absolute Gasteiger partial charge is 0.410 e. The van der Waals surface area contributed by atoms with Gasteiger partial charge in [0.2, 0.25) is 0 Å². The first-order valence-electron chi connectivity index (χ1n) is 10.4. The summed E-state index contributed by atoms with van der Waals surface area (Å²) in [5, 5.41) is 3.72. The van der Waals surface area contributed by atoms with Crippen LogP contribution in [0.25, 0.3) is 0 Å². The number of nitrogens with one attached hydrogen (secondary N) is 1. The number of hydrogen-bond donors (Lipinski definition) is 1. The quantitative estimate of drug-likeness (QED) is 0.864. The highest BCUT2D eigenvalue weighted by atomic mass is 16.6. The summed E-state index contributed by atoms with van der Waals surface area (Å²) in [6, 6.07) is 7.26. The molecule has 0 radical (unpaired) electrons. The summed E-state index contributed by atoms with van der Waals surface area (Å²) in [6.07, 6.45) is 4.36. The molecule has 0 aliphatic carbocycles. The zero-order valence-electron chi connectivity index (χ0n) is 17.4. The number of carbonyl (C=O) groups excluding carboxylic acids is 1. The normalized spacial score (nSPS) is 18.8. The first-order valence-corrected chi connectivity index (χ1v) is 10.4. The van der Waals surface area contributed by atoms with Crippen molar-refractivity contribution < 1.29 is 9.53 Å². The standard InChI is InChI=1S/C22H35N3O2/c1-17-7-8-18(20(15-17)24-11-5-6-12-24)16-23-19-9-13-25(14-10-19)21(26)27-22(2,3)4/h7-8,15,19,23H,5-6,9-14,16H2,1-4H3. The number of piperidine rings is 1. The van der Waals surface area contributed by atoms with Gasteiger partial charge in [0.15, 0.2) is 0 Å². The van der Waals surface area contributed by atoms with Crippen LogP contribution in [-0.2, 0) is 11.3 Å². The summed E-state index contributed by atoms with van der Waals surface area (Å²) in [7, 11) is 0. The lowest BCUT2D eigenvalue weighted by atomic mass is 10.0. The molecule has 2 aliphatic heterocycles.